The molecule has 0 saturated heterocycles. The minimum absolute atomic E-state index is 0.323. The third kappa shape index (κ3) is 4.20. The number of likely N-dealkylation sites (N-methyl/N-ethyl adjacent to an activating group) is 1. The summed E-state index contributed by atoms with van der Waals surface area (Å²) in [6.07, 6.45) is 2.64. The second kappa shape index (κ2) is 6.51. The highest BCUT2D eigenvalue weighted by molar-refractivity contribution is 5.35. The predicted molar refractivity (Wildman–Crippen MR) is 74.7 cm³/mol. The lowest BCUT2D eigenvalue weighted by Crippen LogP contribution is -2.27. The van der Waals surface area contributed by atoms with Gasteiger partial charge in [-0.3, -0.25) is 0 Å². The molecule has 1 aromatic rings. The summed E-state index contributed by atoms with van der Waals surface area (Å²) in [6, 6.07) is 1.09. The van der Waals surface area contributed by atoms with Gasteiger partial charge in [0.05, 0.1) is 7.11 Å². The number of hydrogen-bond acceptors (Lipinski definition) is 7. The maximum absolute atomic E-state index is 5.06. The molecule has 1 saturated carbocycles. The first kappa shape index (κ1) is 13.8. The molecular formula is C12H22N6O. The van der Waals surface area contributed by atoms with Crippen LogP contribution >= 0.6 is 0 Å². The number of nitrogens with zero attached hydrogens (tertiary/aromatic N) is 4. The van der Waals surface area contributed by atoms with Crippen molar-refractivity contribution in [3.8, 4) is 6.01 Å². The molecule has 2 rings (SSSR count). The zero-order valence-corrected chi connectivity index (χ0v) is 11.8. The van der Waals surface area contributed by atoms with Gasteiger partial charge >= 0.3 is 6.01 Å². The van der Waals surface area contributed by atoms with E-state index in [2.05, 4.69) is 37.5 Å². The van der Waals surface area contributed by atoms with Crippen molar-refractivity contribution in [1.82, 2.24) is 19.9 Å². The van der Waals surface area contributed by atoms with Gasteiger partial charge in [0.1, 0.15) is 0 Å². The third-order valence-corrected chi connectivity index (χ3v) is 3.05. The lowest BCUT2D eigenvalue weighted by atomic mass is 10.5. The molecule has 106 valence electrons. The van der Waals surface area contributed by atoms with E-state index in [1.54, 1.807) is 7.11 Å². The first-order valence-electron chi connectivity index (χ1n) is 6.71. The SMILES string of the molecule is CCNc1nc(NCCN(C)C2CC2)nc(OC)n1. The van der Waals surface area contributed by atoms with Crippen molar-refractivity contribution >= 4 is 11.9 Å². The number of nitrogens with one attached hydrogen (secondary N) is 2. The molecule has 0 amide bonds. The Morgan fingerprint density at radius 3 is 2.47 bits per heavy atom. The molecule has 1 aliphatic rings. The molecule has 0 radical (unpaired) electrons. The van der Waals surface area contributed by atoms with Crippen molar-refractivity contribution in [2.75, 3.05) is 44.4 Å². The van der Waals surface area contributed by atoms with Crippen LogP contribution in [0.25, 0.3) is 0 Å². The molecule has 7 nitrogen and oxygen atoms in total. The molecule has 7 heteroatoms. The highest BCUT2D eigenvalue weighted by Crippen LogP contribution is 2.24. The highest BCUT2D eigenvalue weighted by atomic mass is 16.5. The topological polar surface area (TPSA) is 75.2 Å². The van der Waals surface area contributed by atoms with Crippen LogP contribution in [0, 0.1) is 0 Å². The smallest absolute Gasteiger partial charge is 0.322 e. The van der Waals surface area contributed by atoms with Crippen LogP contribution in [0.1, 0.15) is 19.8 Å². The van der Waals surface area contributed by atoms with Crippen LogP contribution in [0.15, 0.2) is 0 Å². The first-order chi connectivity index (χ1) is 9.22. The molecule has 19 heavy (non-hydrogen) atoms. The van der Waals surface area contributed by atoms with Gasteiger partial charge in [0, 0.05) is 25.7 Å². The lowest BCUT2D eigenvalue weighted by molar-refractivity contribution is 0.336. The van der Waals surface area contributed by atoms with Gasteiger partial charge in [-0.25, -0.2) is 0 Å². The van der Waals surface area contributed by atoms with Gasteiger partial charge in [0.25, 0.3) is 0 Å². The number of aromatic nitrogens is 3. The Morgan fingerprint density at radius 2 is 1.89 bits per heavy atom. The normalized spacial score (nSPS) is 14.5. The van der Waals surface area contributed by atoms with Crippen molar-refractivity contribution in [3.05, 3.63) is 0 Å². The second-order valence-electron chi connectivity index (χ2n) is 4.64. The van der Waals surface area contributed by atoms with Gasteiger partial charge in [0.2, 0.25) is 11.9 Å². The third-order valence-electron chi connectivity index (χ3n) is 3.05. The maximum Gasteiger partial charge on any atom is 0.322 e. The zero-order chi connectivity index (χ0) is 13.7. The molecular weight excluding hydrogens is 244 g/mol. The van der Waals surface area contributed by atoms with Gasteiger partial charge in [-0.05, 0) is 26.8 Å². The molecule has 0 atom stereocenters. The van der Waals surface area contributed by atoms with Gasteiger partial charge in [-0.15, -0.1) is 0 Å². The summed E-state index contributed by atoms with van der Waals surface area (Å²) < 4.78 is 5.06. The van der Waals surface area contributed by atoms with E-state index in [1.165, 1.54) is 12.8 Å². The van der Waals surface area contributed by atoms with Crippen molar-refractivity contribution in [3.63, 3.8) is 0 Å². The van der Waals surface area contributed by atoms with Crippen LogP contribution < -0.4 is 15.4 Å². The largest absolute Gasteiger partial charge is 0.467 e. The molecule has 1 aliphatic carbocycles. The maximum atomic E-state index is 5.06. The Morgan fingerprint density at radius 1 is 1.21 bits per heavy atom. The van der Waals surface area contributed by atoms with Crippen molar-refractivity contribution in [1.29, 1.82) is 0 Å². The molecule has 0 unspecified atom stereocenters. The molecule has 2 N–H and O–H groups in total. The average Bonchev–Trinajstić information content (AvgIpc) is 3.23. The van der Waals surface area contributed by atoms with Crippen molar-refractivity contribution in [2.24, 2.45) is 0 Å². The van der Waals surface area contributed by atoms with E-state index < -0.39 is 0 Å². The molecule has 0 bridgehead atoms. The average molecular weight is 266 g/mol. The van der Waals surface area contributed by atoms with Gasteiger partial charge in [-0.1, -0.05) is 0 Å². The van der Waals surface area contributed by atoms with E-state index in [9.17, 15) is 0 Å². The van der Waals surface area contributed by atoms with E-state index in [-0.39, 0.29) is 0 Å². The fourth-order valence-corrected chi connectivity index (χ4v) is 1.81. The summed E-state index contributed by atoms with van der Waals surface area (Å²) >= 11 is 0. The molecule has 1 fully saturated rings. The highest BCUT2D eigenvalue weighted by Gasteiger charge is 2.25. The summed E-state index contributed by atoms with van der Waals surface area (Å²) in [4.78, 5) is 14.9. The van der Waals surface area contributed by atoms with Crippen molar-refractivity contribution in [2.45, 2.75) is 25.8 Å². The van der Waals surface area contributed by atoms with Gasteiger partial charge in [-0.2, -0.15) is 15.0 Å². The Bertz CT molecular complexity index is 409. The quantitative estimate of drug-likeness (QED) is 0.721. The van der Waals surface area contributed by atoms with Crippen molar-refractivity contribution < 1.29 is 4.74 Å². The number of rotatable bonds is 8. The van der Waals surface area contributed by atoms with Crippen LogP contribution in [0.5, 0.6) is 6.01 Å². The van der Waals surface area contributed by atoms with Crippen LogP contribution in [0.3, 0.4) is 0 Å². The fraction of sp³-hybridized carbons (Fsp3) is 0.750. The Balaban J connectivity index is 1.88. The Hall–Kier alpha value is -1.63. The predicted octanol–water partition coefficient (Wildman–Crippen LogP) is 0.818. The van der Waals surface area contributed by atoms with Crippen LogP contribution in [0.4, 0.5) is 11.9 Å². The van der Waals surface area contributed by atoms with Crippen LogP contribution in [-0.4, -0.2) is 59.7 Å². The Labute approximate surface area is 113 Å². The molecule has 0 spiro atoms. The minimum Gasteiger partial charge on any atom is -0.467 e. The standard InChI is InChI=1S/C12H22N6O/c1-4-13-10-15-11(17-12(16-10)19-3)14-7-8-18(2)9-5-6-9/h9H,4-8H2,1-3H3,(H2,13,14,15,16,17). The molecule has 1 aromatic heterocycles. The first-order valence-corrected chi connectivity index (χ1v) is 6.71. The molecule has 1 heterocycles. The van der Waals surface area contributed by atoms with E-state index in [1.807, 2.05) is 6.92 Å². The van der Waals surface area contributed by atoms with E-state index >= 15 is 0 Å². The zero-order valence-electron chi connectivity index (χ0n) is 11.8. The minimum atomic E-state index is 0.323. The Kier molecular flexibility index (Phi) is 4.73. The fourth-order valence-electron chi connectivity index (χ4n) is 1.81. The van der Waals surface area contributed by atoms with E-state index in [4.69, 9.17) is 4.74 Å². The van der Waals surface area contributed by atoms with Crippen LogP contribution in [-0.2, 0) is 0 Å². The van der Waals surface area contributed by atoms with Gasteiger partial charge in [0.15, 0.2) is 0 Å². The summed E-state index contributed by atoms with van der Waals surface area (Å²) in [5, 5.41) is 6.27. The summed E-state index contributed by atoms with van der Waals surface area (Å²) in [7, 11) is 3.70. The molecule has 0 aromatic carbocycles. The van der Waals surface area contributed by atoms with Gasteiger partial charge < -0.3 is 20.3 Å². The summed E-state index contributed by atoms with van der Waals surface area (Å²) in [6.45, 7) is 4.55. The molecule has 0 aliphatic heterocycles. The number of hydrogen-bond donors (Lipinski definition) is 2. The van der Waals surface area contributed by atoms with E-state index in [0.29, 0.717) is 17.9 Å². The van der Waals surface area contributed by atoms with Crippen LogP contribution in [0.2, 0.25) is 0 Å². The monoisotopic (exact) mass is 266 g/mol. The second-order valence-corrected chi connectivity index (χ2v) is 4.64. The number of methoxy groups -OCH3 is 1. The summed E-state index contributed by atoms with van der Waals surface area (Å²) in [5.74, 6) is 1.08. The lowest BCUT2D eigenvalue weighted by Gasteiger charge is -2.15. The van der Waals surface area contributed by atoms with E-state index in [0.717, 1.165) is 25.7 Å². The number of anilines is 2. The number of ether oxygens (including phenoxy) is 1. The summed E-state index contributed by atoms with van der Waals surface area (Å²) in [5.41, 5.74) is 0.